The van der Waals surface area contributed by atoms with E-state index in [-0.39, 0.29) is 13.2 Å². The molecular weight excluding hydrogens is 382 g/mol. The summed E-state index contributed by atoms with van der Waals surface area (Å²) < 4.78 is 16.0. The van der Waals surface area contributed by atoms with Gasteiger partial charge in [0.2, 0.25) is 0 Å². The lowest BCUT2D eigenvalue weighted by Gasteiger charge is -2.12. The molecule has 0 aliphatic carbocycles. The topological polar surface area (TPSA) is 90.9 Å². The zero-order valence-electron chi connectivity index (χ0n) is 16.1. The van der Waals surface area contributed by atoms with Crippen molar-refractivity contribution in [2.24, 2.45) is 0 Å². The normalized spacial score (nSPS) is 10.2. The van der Waals surface area contributed by atoms with Crippen LogP contribution in [0.3, 0.4) is 0 Å². The van der Waals surface area contributed by atoms with E-state index in [0.29, 0.717) is 40.5 Å². The zero-order valence-corrected chi connectivity index (χ0v) is 16.9. The monoisotopic (exact) mass is 405 g/mol. The molecule has 28 heavy (non-hydrogen) atoms. The molecule has 0 bridgehead atoms. The zero-order chi connectivity index (χ0) is 20.5. The van der Waals surface area contributed by atoms with Crippen LogP contribution in [-0.4, -0.2) is 38.0 Å². The SMILES string of the molecule is CCOC(=O)c1cc(CC)sc1NC(=O)COc1ccc(C=O)cc1OCC. The second kappa shape index (κ2) is 10.5. The lowest BCUT2D eigenvalue weighted by Crippen LogP contribution is -2.21. The minimum absolute atomic E-state index is 0.254. The van der Waals surface area contributed by atoms with Crippen molar-refractivity contribution in [2.75, 3.05) is 25.1 Å². The molecule has 1 aromatic carbocycles. The van der Waals surface area contributed by atoms with E-state index in [1.807, 2.05) is 13.8 Å². The van der Waals surface area contributed by atoms with Gasteiger partial charge in [-0.25, -0.2) is 4.79 Å². The minimum Gasteiger partial charge on any atom is -0.490 e. The average Bonchev–Trinajstić information content (AvgIpc) is 3.10. The molecule has 1 heterocycles. The van der Waals surface area contributed by atoms with Crippen LogP contribution in [0, 0.1) is 0 Å². The number of carbonyl (C=O) groups excluding carboxylic acids is 3. The molecule has 0 aliphatic rings. The number of carbonyl (C=O) groups is 3. The molecule has 2 aromatic rings. The van der Waals surface area contributed by atoms with Crippen molar-refractivity contribution in [3.8, 4) is 11.5 Å². The van der Waals surface area contributed by atoms with E-state index < -0.39 is 11.9 Å². The van der Waals surface area contributed by atoms with Crippen molar-refractivity contribution in [1.29, 1.82) is 0 Å². The van der Waals surface area contributed by atoms with Crippen LogP contribution in [0.25, 0.3) is 0 Å². The van der Waals surface area contributed by atoms with E-state index in [0.717, 1.165) is 11.3 Å². The maximum Gasteiger partial charge on any atom is 0.341 e. The first-order chi connectivity index (χ1) is 13.5. The third-order valence-corrected chi connectivity index (χ3v) is 4.84. The third kappa shape index (κ3) is 5.56. The quantitative estimate of drug-likeness (QED) is 0.479. The van der Waals surface area contributed by atoms with E-state index in [1.54, 1.807) is 31.2 Å². The molecule has 0 radical (unpaired) electrons. The number of aldehydes is 1. The van der Waals surface area contributed by atoms with Gasteiger partial charge in [-0.15, -0.1) is 11.3 Å². The fourth-order valence-corrected chi connectivity index (χ4v) is 3.36. The molecule has 150 valence electrons. The number of benzene rings is 1. The van der Waals surface area contributed by atoms with Gasteiger partial charge in [0.1, 0.15) is 11.3 Å². The highest BCUT2D eigenvalue weighted by atomic mass is 32.1. The Labute approximate surface area is 167 Å². The largest absolute Gasteiger partial charge is 0.490 e. The summed E-state index contributed by atoms with van der Waals surface area (Å²) in [7, 11) is 0. The Balaban J connectivity index is 2.08. The van der Waals surface area contributed by atoms with Crippen LogP contribution >= 0.6 is 11.3 Å². The molecule has 0 atom stereocenters. The summed E-state index contributed by atoms with van der Waals surface area (Å²) in [5.41, 5.74) is 0.785. The number of nitrogens with one attached hydrogen (secondary N) is 1. The molecule has 1 aromatic heterocycles. The molecule has 8 heteroatoms. The fourth-order valence-electron chi connectivity index (χ4n) is 2.36. The molecule has 0 unspecified atom stereocenters. The van der Waals surface area contributed by atoms with Crippen LogP contribution < -0.4 is 14.8 Å². The van der Waals surface area contributed by atoms with Crippen molar-refractivity contribution in [2.45, 2.75) is 27.2 Å². The van der Waals surface area contributed by atoms with Crippen LogP contribution in [0.15, 0.2) is 24.3 Å². The summed E-state index contributed by atoms with van der Waals surface area (Å²) >= 11 is 1.33. The Morgan fingerprint density at radius 1 is 1.07 bits per heavy atom. The Kier molecular flexibility index (Phi) is 8.01. The molecule has 1 amide bonds. The number of amides is 1. The van der Waals surface area contributed by atoms with Crippen molar-refractivity contribution in [1.82, 2.24) is 0 Å². The summed E-state index contributed by atoms with van der Waals surface area (Å²) in [6.45, 7) is 5.87. The van der Waals surface area contributed by atoms with Crippen molar-refractivity contribution < 1.29 is 28.6 Å². The highest BCUT2D eigenvalue weighted by molar-refractivity contribution is 7.16. The molecule has 1 N–H and O–H groups in total. The van der Waals surface area contributed by atoms with E-state index in [2.05, 4.69) is 5.32 Å². The maximum absolute atomic E-state index is 12.3. The summed E-state index contributed by atoms with van der Waals surface area (Å²) in [5.74, 6) is -0.153. The Bertz CT molecular complexity index is 845. The Morgan fingerprint density at radius 3 is 2.50 bits per heavy atom. The molecule has 2 rings (SSSR count). The minimum atomic E-state index is -0.474. The molecule has 0 saturated heterocycles. The van der Waals surface area contributed by atoms with Crippen LogP contribution in [0.2, 0.25) is 0 Å². The molecular formula is C20H23NO6S. The predicted molar refractivity (Wildman–Crippen MR) is 107 cm³/mol. The summed E-state index contributed by atoms with van der Waals surface area (Å²) in [5, 5.41) is 3.14. The van der Waals surface area contributed by atoms with Gasteiger partial charge in [-0.3, -0.25) is 9.59 Å². The highest BCUT2D eigenvalue weighted by Crippen LogP contribution is 2.30. The number of rotatable bonds is 10. The van der Waals surface area contributed by atoms with Crippen LogP contribution in [0.1, 0.15) is 46.4 Å². The number of ether oxygens (including phenoxy) is 3. The van der Waals surface area contributed by atoms with Gasteiger partial charge in [-0.1, -0.05) is 6.92 Å². The van der Waals surface area contributed by atoms with Crippen LogP contribution in [0.4, 0.5) is 5.00 Å². The number of aryl methyl sites for hydroxylation is 1. The number of hydrogen-bond donors (Lipinski definition) is 1. The van der Waals surface area contributed by atoms with Gasteiger partial charge in [0, 0.05) is 10.4 Å². The van der Waals surface area contributed by atoms with Crippen LogP contribution in [0.5, 0.6) is 11.5 Å². The number of esters is 1. The lowest BCUT2D eigenvalue weighted by atomic mass is 10.2. The van der Waals surface area contributed by atoms with Gasteiger partial charge in [0.15, 0.2) is 18.1 Å². The highest BCUT2D eigenvalue weighted by Gasteiger charge is 2.19. The summed E-state index contributed by atoms with van der Waals surface area (Å²) in [6.07, 6.45) is 1.45. The van der Waals surface area contributed by atoms with Gasteiger partial charge in [-0.2, -0.15) is 0 Å². The van der Waals surface area contributed by atoms with E-state index in [1.165, 1.54) is 11.3 Å². The van der Waals surface area contributed by atoms with E-state index in [4.69, 9.17) is 14.2 Å². The molecule has 0 spiro atoms. The second-order valence-corrected chi connectivity index (χ2v) is 6.76. The van der Waals surface area contributed by atoms with Gasteiger partial charge in [0.25, 0.3) is 5.91 Å². The first-order valence-corrected chi connectivity index (χ1v) is 9.78. The van der Waals surface area contributed by atoms with Crippen molar-refractivity contribution in [3.05, 3.63) is 40.3 Å². The lowest BCUT2D eigenvalue weighted by molar-refractivity contribution is -0.118. The maximum atomic E-state index is 12.3. The third-order valence-electron chi connectivity index (χ3n) is 3.64. The summed E-state index contributed by atoms with van der Waals surface area (Å²) in [6, 6.07) is 6.43. The fraction of sp³-hybridized carbons (Fsp3) is 0.350. The first-order valence-electron chi connectivity index (χ1n) is 8.96. The number of hydrogen-bond acceptors (Lipinski definition) is 7. The number of anilines is 1. The average molecular weight is 405 g/mol. The smallest absolute Gasteiger partial charge is 0.341 e. The summed E-state index contributed by atoms with van der Waals surface area (Å²) in [4.78, 5) is 36.3. The van der Waals surface area contributed by atoms with Crippen LogP contribution in [-0.2, 0) is 16.0 Å². The van der Waals surface area contributed by atoms with Crippen molar-refractivity contribution in [3.63, 3.8) is 0 Å². The van der Waals surface area contributed by atoms with E-state index in [9.17, 15) is 14.4 Å². The first kappa shape index (κ1) is 21.4. The van der Waals surface area contributed by atoms with Gasteiger partial charge in [-0.05, 0) is 44.5 Å². The molecule has 7 nitrogen and oxygen atoms in total. The van der Waals surface area contributed by atoms with Crippen molar-refractivity contribution >= 4 is 34.5 Å². The predicted octanol–water partition coefficient (Wildman–Crippen LogP) is 3.72. The standard InChI is InChI=1S/C20H23NO6S/c1-4-14-10-15(20(24)26-6-3)19(28-14)21-18(23)12-27-16-8-7-13(11-22)9-17(16)25-5-2/h7-11H,4-6,12H2,1-3H3,(H,21,23). The molecule has 0 fully saturated rings. The second-order valence-electron chi connectivity index (χ2n) is 5.62. The molecule has 0 saturated carbocycles. The van der Waals surface area contributed by atoms with Gasteiger partial charge in [0.05, 0.1) is 18.8 Å². The Morgan fingerprint density at radius 2 is 1.86 bits per heavy atom. The van der Waals surface area contributed by atoms with E-state index >= 15 is 0 Å². The van der Waals surface area contributed by atoms with Gasteiger partial charge >= 0.3 is 5.97 Å². The Hall–Kier alpha value is -2.87. The molecule has 0 aliphatic heterocycles. The van der Waals surface area contributed by atoms with Gasteiger partial charge < -0.3 is 19.5 Å². The number of thiophene rings is 1.